The summed E-state index contributed by atoms with van der Waals surface area (Å²) in [6, 6.07) is 0. The molecule has 0 aromatic rings. The van der Waals surface area contributed by atoms with Gasteiger partial charge in [0.15, 0.2) is 0 Å². The Morgan fingerprint density at radius 2 is 2.00 bits per heavy atom. The monoisotopic (exact) mass is 245 g/mol. The molecule has 3 heteroatoms. The van der Waals surface area contributed by atoms with Crippen LogP contribution in [0.4, 0.5) is 0 Å². The molecule has 0 aromatic carbocycles. The maximum Gasteiger partial charge on any atom is 0.222 e. The van der Waals surface area contributed by atoms with Crippen molar-refractivity contribution < 1.29 is 37.5 Å². The van der Waals surface area contributed by atoms with Crippen molar-refractivity contribution in [1.29, 1.82) is 0 Å². The molecule has 2 unspecified atom stereocenters. The number of hydrogen-bond donors (Lipinski definition) is 1. The van der Waals surface area contributed by atoms with E-state index in [1.807, 2.05) is 20.8 Å². The molecule has 0 bridgehead atoms. The van der Waals surface area contributed by atoms with Crippen molar-refractivity contribution in [3.63, 3.8) is 0 Å². The van der Waals surface area contributed by atoms with Gasteiger partial charge in [-0.1, -0.05) is 20.8 Å². The summed E-state index contributed by atoms with van der Waals surface area (Å²) in [5.41, 5.74) is 0. The third kappa shape index (κ3) is 7.24. The predicted molar refractivity (Wildman–Crippen MR) is 47.0 cm³/mol. The number of hydrogen-bond acceptors (Lipinski definition) is 1. The fourth-order valence-corrected chi connectivity index (χ4v) is 0.634. The van der Waals surface area contributed by atoms with Crippen LogP contribution in [0.15, 0.2) is 0 Å². The van der Waals surface area contributed by atoms with E-state index in [0.29, 0.717) is 12.5 Å². The first-order valence-corrected chi connectivity index (χ1v) is 4.18. The second kappa shape index (κ2) is 8.18. The second-order valence-electron chi connectivity index (χ2n) is 3.16. The normalized spacial score (nSPS) is 14.3. The predicted octanol–water partition coefficient (Wildman–Crippen LogP) is 1.62. The number of rotatable bonds is 4. The van der Waals surface area contributed by atoms with Gasteiger partial charge in [0.2, 0.25) is 5.91 Å². The minimum Gasteiger partial charge on any atom is -0.358 e. The molecule has 0 spiro atoms. The van der Waals surface area contributed by atoms with E-state index in [4.69, 9.17) is 0 Å². The third-order valence-electron chi connectivity index (χ3n) is 1.68. The Labute approximate surface area is 101 Å². The van der Waals surface area contributed by atoms with Gasteiger partial charge in [0.25, 0.3) is 0 Å². The molecule has 0 aliphatic heterocycles. The van der Waals surface area contributed by atoms with Gasteiger partial charge in [0.05, 0.1) is 0 Å². The third-order valence-corrected chi connectivity index (χ3v) is 1.68. The fourth-order valence-electron chi connectivity index (χ4n) is 0.634. The molecule has 1 amide bonds. The zero-order chi connectivity index (χ0) is 8.85. The molecule has 0 rings (SSSR count). The van der Waals surface area contributed by atoms with E-state index in [0.717, 1.165) is 6.42 Å². The van der Waals surface area contributed by atoms with Crippen molar-refractivity contribution in [3.8, 4) is 0 Å². The summed E-state index contributed by atoms with van der Waals surface area (Å²) in [4.78, 5) is 11.1. The molecule has 0 fully saturated rings. The second-order valence-corrected chi connectivity index (χ2v) is 3.16. The van der Waals surface area contributed by atoms with E-state index in [2.05, 4.69) is 12.2 Å². The molecule has 2 nitrogen and oxygen atoms in total. The van der Waals surface area contributed by atoms with Gasteiger partial charge in [-0.05, 0) is 13.0 Å². The Balaban J connectivity index is 0. The number of nitrogens with one attached hydrogen (secondary N) is 1. The van der Waals surface area contributed by atoms with Crippen molar-refractivity contribution in [2.24, 2.45) is 11.8 Å². The summed E-state index contributed by atoms with van der Waals surface area (Å²) in [7, 11) is 0. The maximum atomic E-state index is 11.1. The van der Waals surface area contributed by atoms with Crippen LogP contribution in [0.3, 0.4) is 0 Å². The van der Waals surface area contributed by atoms with E-state index in [1.54, 1.807) is 0 Å². The fraction of sp³-hybridized carbons (Fsp3) is 0.778. The van der Waals surface area contributed by atoms with E-state index in [-0.39, 0.29) is 44.5 Å². The Morgan fingerprint density at radius 3 is 2.33 bits per heavy atom. The SMILES string of the molecule is [CH2-]C(C)CNC(=O)C(C)CC.[Y]. The van der Waals surface area contributed by atoms with Crippen LogP contribution < -0.4 is 5.32 Å². The molecule has 69 valence electrons. The maximum absolute atomic E-state index is 11.1. The zero-order valence-corrected chi connectivity index (χ0v) is 11.1. The van der Waals surface area contributed by atoms with Crippen molar-refractivity contribution in [2.75, 3.05) is 6.54 Å². The van der Waals surface area contributed by atoms with Gasteiger partial charge in [-0.2, -0.15) is 5.92 Å². The van der Waals surface area contributed by atoms with Gasteiger partial charge >= 0.3 is 0 Å². The summed E-state index contributed by atoms with van der Waals surface area (Å²) in [5, 5.41) is 2.83. The first-order chi connectivity index (χ1) is 5.07. The smallest absolute Gasteiger partial charge is 0.222 e. The van der Waals surface area contributed by atoms with Crippen LogP contribution >= 0.6 is 0 Å². The van der Waals surface area contributed by atoms with Gasteiger partial charge in [-0.3, -0.25) is 4.79 Å². The van der Waals surface area contributed by atoms with Crippen molar-refractivity contribution in [2.45, 2.75) is 27.2 Å². The molecule has 2 atom stereocenters. The molecule has 0 heterocycles. The molecule has 0 saturated carbocycles. The van der Waals surface area contributed by atoms with Gasteiger partial charge in [0.1, 0.15) is 0 Å². The van der Waals surface area contributed by atoms with Gasteiger partial charge in [-0.15, -0.1) is 0 Å². The molecular formula is C9H18NOY-. The topological polar surface area (TPSA) is 29.1 Å². The van der Waals surface area contributed by atoms with Crippen molar-refractivity contribution in [3.05, 3.63) is 6.92 Å². The Kier molecular flexibility index (Phi) is 10.3. The number of carbonyl (C=O) groups excluding carboxylic acids is 1. The van der Waals surface area contributed by atoms with Crippen molar-refractivity contribution in [1.82, 2.24) is 5.32 Å². The quantitative estimate of drug-likeness (QED) is 0.749. The van der Waals surface area contributed by atoms with E-state index < -0.39 is 0 Å². The van der Waals surface area contributed by atoms with Gasteiger partial charge in [-0.25, -0.2) is 0 Å². The molecule has 0 aliphatic rings. The van der Waals surface area contributed by atoms with E-state index in [1.165, 1.54) is 0 Å². The summed E-state index contributed by atoms with van der Waals surface area (Å²) in [6.07, 6.45) is 0.900. The van der Waals surface area contributed by atoms with E-state index in [9.17, 15) is 4.79 Å². The van der Waals surface area contributed by atoms with E-state index >= 15 is 0 Å². The zero-order valence-electron chi connectivity index (χ0n) is 8.26. The summed E-state index contributed by atoms with van der Waals surface area (Å²) in [6.45, 7) is 10.4. The standard InChI is InChI=1S/C9H18NO.Y/c1-5-8(4)9(11)10-6-7(2)3;/h7-8H,2,5-6H2,1,3-4H3,(H,10,11);/q-1;. The molecule has 1 radical (unpaired) electrons. The Morgan fingerprint density at radius 1 is 1.50 bits per heavy atom. The Bertz CT molecular complexity index is 126. The largest absolute Gasteiger partial charge is 0.358 e. The van der Waals surface area contributed by atoms with Crippen molar-refractivity contribution >= 4 is 5.91 Å². The minimum absolute atomic E-state index is 0. The minimum atomic E-state index is 0. The van der Waals surface area contributed by atoms with Crippen LogP contribution in [-0.2, 0) is 37.5 Å². The molecule has 12 heavy (non-hydrogen) atoms. The number of carbonyl (C=O) groups is 1. The van der Waals surface area contributed by atoms with Crippen LogP contribution in [0.5, 0.6) is 0 Å². The van der Waals surface area contributed by atoms with Crippen LogP contribution in [0, 0.1) is 18.8 Å². The molecule has 0 saturated heterocycles. The van der Waals surface area contributed by atoms with Crippen LogP contribution in [0.1, 0.15) is 27.2 Å². The first kappa shape index (κ1) is 15.1. The summed E-state index contributed by atoms with van der Waals surface area (Å²) < 4.78 is 0. The molecule has 1 N–H and O–H groups in total. The average Bonchev–Trinajstić information content (AvgIpc) is 1.98. The van der Waals surface area contributed by atoms with Gasteiger partial charge in [0, 0.05) is 38.6 Å². The van der Waals surface area contributed by atoms with Crippen LogP contribution in [0.25, 0.3) is 0 Å². The summed E-state index contributed by atoms with van der Waals surface area (Å²) >= 11 is 0. The van der Waals surface area contributed by atoms with Crippen LogP contribution in [-0.4, -0.2) is 12.5 Å². The number of amides is 1. The Hall–Kier alpha value is 0.574. The van der Waals surface area contributed by atoms with Crippen LogP contribution in [0.2, 0.25) is 0 Å². The first-order valence-electron chi connectivity index (χ1n) is 4.18. The average molecular weight is 245 g/mol. The summed E-state index contributed by atoms with van der Waals surface area (Å²) in [5.74, 6) is 0.569. The van der Waals surface area contributed by atoms with Gasteiger partial charge < -0.3 is 12.2 Å². The molecule has 0 aromatic heterocycles. The molecular weight excluding hydrogens is 227 g/mol. The molecule has 0 aliphatic carbocycles.